The average Bonchev–Trinajstić information content (AvgIpc) is 2.90. The zero-order chi connectivity index (χ0) is 23.8. The summed E-state index contributed by atoms with van der Waals surface area (Å²) in [6.45, 7) is 9.43. The molecular weight excluding hydrogens is 420 g/mol. The normalized spacial score (nSPS) is 16.1. The quantitative estimate of drug-likeness (QED) is 0.382. The van der Waals surface area contributed by atoms with Gasteiger partial charge in [0.1, 0.15) is 0 Å². The molecule has 4 nitrogen and oxygen atoms in total. The van der Waals surface area contributed by atoms with Gasteiger partial charge in [0, 0.05) is 31.9 Å². The summed E-state index contributed by atoms with van der Waals surface area (Å²) in [5.41, 5.74) is 4.25. The van der Waals surface area contributed by atoms with Crippen LogP contribution >= 0.6 is 0 Å². The van der Waals surface area contributed by atoms with Crippen molar-refractivity contribution in [2.45, 2.75) is 32.1 Å². The van der Waals surface area contributed by atoms with E-state index in [0.29, 0.717) is 6.61 Å². The second-order valence-electron chi connectivity index (χ2n) is 9.27. The van der Waals surface area contributed by atoms with Crippen LogP contribution in [0.4, 0.5) is 5.69 Å². The van der Waals surface area contributed by atoms with Gasteiger partial charge < -0.3 is 9.64 Å². The van der Waals surface area contributed by atoms with Gasteiger partial charge in [0.25, 0.3) is 0 Å². The minimum absolute atomic E-state index is 0.121. The molecule has 1 aliphatic heterocycles. The average molecular weight is 457 g/mol. The molecule has 1 fully saturated rings. The minimum Gasteiger partial charge on any atom is -0.465 e. The van der Waals surface area contributed by atoms with Crippen molar-refractivity contribution in [1.82, 2.24) is 4.90 Å². The van der Waals surface area contributed by atoms with Gasteiger partial charge in [-0.25, -0.2) is 0 Å². The van der Waals surface area contributed by atoms with E-state index in [4.69, 9.17) is 4.74 Å². The molecule has 1 atom stereocenters. The molecule has 4 rings (SSSR count). The number of hydrogen-bond donors (Lipinski definition) is 0. The van der Waals surface area contributed by atoms with Crippen molar-refractivity contribution in [3.05, 3.63) is 90.5 Å². The number of nitrogens with zero attached hydrogens (tertiary/aromatic N) is 2. The van der Waals surface area contributed by atoms with Crippen molar-refractivity contribution in [1.29, 1.82) is 0 Å². The number of ether oxygens (including phenoxy) is 1. The van der Waals surface area contributed by atoms with E-state index in [1.54, 1.807) is 0 Å². The highest BCUT2D eigenvalue weighted by atomic mass is 16.5. The summed E-state index contributed by atoms with van der Waals surface area (Å²) in [5.74, 6) is -0.121. The third-order valence-corrected chi connectivity index (χ3v) is 6.98. The molecule has 0 N–H and O–H groups in total. The first-order valence-electron chi connectivity index (χ1n) is 12.5. The maximum atomic E-state index is 12.8. The van der Waals surface area contributed by atoms with Crippen LogP contribution in [0.3, 0.4) is 0 Å². The number of carbonyl (C=O) groups excluding carboxylic acids is 1. The summed E-state index contributed by atoms with van der Waals surface area (Å²) in [4.78, 5) is 17.8. The minimum atomic E-state index is -0.600. The first kappa shape index (κ1) is 24.0. The second kappa shape index (κ2) is 11.3. The third kappa shape index (κ3) is 5.68. The van der Waals surface area contributed by atoms with Crippen molar-refractivity contribution in [3.63, 3.8) is 0 Å². The largest absolute Gasteiger partial charge is 0.465 e. The summed E-state index contributed by atoms with van der Waals surface area (Å²) in [7, 11) is 0. The number of piperazine rings is 1. The SMILES string of the molecule is CCOC(=O)C(C)(CCCN1CCN(c2cccc(-c3ccccc3)c2)CC1)c1ccccc1. The summed E-state index contributed by atoms with van der Waals surface area (Å²) in [5, 5.41) is 0. The molecule has 0 aliphatic carbocycles. The van der Waals surface area contributed by atoms with Gasteiger partial charge in [0.15, 0.2) is 0 Å². The summed E-state index contributed by atoms with van der Waals surface area (Å²) < 4.78 is 5.45. The van der Waals surface area contributed by atoms with E-state index in [2.05, 4.69) is 64.4 Å². The van der Waals surface area contributed by atoms with E-state index in [9.17, 15) is 4.79 Å². The van der Waals surface area contributed by atoms with E-state index >= 15 is 0 Å². The number of carbonyl (C=O) groups is 1. The molecule has 0 bridgehead atoms. The van der Waals surface area contributed by atoms with Gasteiger partial charge in [-0.1, -0.05) is 72.8 Å². The zero-order valence-corrected chi connectivity index (χ0v) is 20.5. The van der Waals surface area contributed by atoms with Crippen molar-refractivity contribution in [2.75, 3.05) is 44.2 Å². The first-order chi connectivity index (χ1) is 16.6. The molecule has 3 aromatic carbocycles. The van der Waals surface area contributed by atoms with Gasteiger partial charge in [-0.2, -0.15) is 0 Å². The second-order valence-corrected chi connectivity index (χ2v) is 9.27. The number of anilines is 1. The van der Waals surface area contributed by atoms with E-state index in [1.807, 2.05) is 44.2 Å². The van der Waals surface area contributed by atoms with Crippen molar-refractivity contribution in [3.8, 4) is 11.1 Å². The maximum Gasteiger partial charge on any atom is 0.316 e. The van der Waals surface area contributed by atoms with Crippen LogP contribution in [0.1, 0.15) is 32.3 Å². The molecule has 178 valence electrons. The van der Waals surface area contributed by atoms with Crippen LogP contribution < -0.4 is 4.90 Å². The fourth-order valence-corrected chi connectivity index (χ4v) is 4.86. The topological polar surface area (TPSA) is 32.8 Å². The molecule has 0 saturated carbocycles. The van der Waals surface area contributed by atoms with E-state index in [0.717, 1.165) is 51.1 Å². The lowest BCUT2D eigenvalue weighted by Crippen LogP contribution is -2.47. The summed E-state index contributed by atoms with van der Waals surface area (Å²) >= 11 is 0. The molecule has 0 spiro atoms. The Kier molecular flexibility index (Phi) is 8.02. The van der Waals surface area contributed by atoms with Crippen LogP contribution in [-0.4, -0.2) is 50.2 Å². The molecule has 0 radical (unpaired) electrons. The Bertz CT molecular complexity index is 1050. The fourth-order valence-electron chi connectivity index (χ4n) is 4.86. The highest BCUT2D eigenvalue weighted by Crippen LogP contribution is 2.31. The molecular formula is C30H36N2O2. The Morgan fingerprint density at radius 2 is 1.50 bits per heavy atom. The third-order valence-electron chi connectivity index (χ3n) is 6.98. The van der Waals surface area contributed by atoms with Crippen LogP contribution in [0.15, 0.2) is 84.9 Å². The van der Waals surface area contributed by atoms with Gasteiger partial charge in [-0.15, -0.1) is 0 Å². The molecule has 1 aliphatic rings. The van der Waals surface area contributed by atoms with Gasteiger partial charge in [-0.05, 0) is 62.1 Å². The van der Waals surface area contributed by atoms with Crippen molar-refractivity contribution >= 4 is 11.7 Å². The van der Waals surface area contributed by atoms with Crippen LogP contribution in [0.5, 0.6) is 0 Å². The standard InChI is InChI=1S/C30H36N2O2/c1-3-34-29(33)30(2,27-15-8-5-9-16-27)18-11-19-31-20-22-32(23-21-31)28-17-10-14-26(24-28)25-12-6-4-7-13-25/h4-10,12-17,24H,3,11,18-23H2,1-2H3. The summed E-state index contributed by atoms with van der Waals surface area (Å²) in [6, 6.07) is 29.5. The first-order valence-corrected chi connectivity index (χ1v) is 12.5. The Hall–Kier alpha value is -3.11. The Balaban J connectivity index is 1.32. The van der Waals surface area contributed by atoms with Gasteiger partial charge in [-0.3, -0.25) is 9.69 Å². The van der Waals surface area contributed by atoms with Gasteiger partial charge in [0.2, 0.25) is 0 Å². The van der Waals surface area contributed by atoms with Crippen LogP contribution in [0.25, 0.3) is 11.1 Å². The number of benzene rings is 3. The highest BCUT2D eigenvalue weighted by Gasteiger charge is 2.36. The molecule has 1 heterocycles. The van der Waals surface area contributed by atoms with Crippen molar-refractivity contribution < 1.29 is 9.53 Å². The predicted octanol–water partition coefficient (Wildman–Crippen LogP) is 5.78. The fraction of sp³-hybridized carbons (Fsp3) is 0.367. The van der Waals surface area contributed by atoms with Crippen LogP contribution in [0.2, 0.25) is 0 Å². The van der Waals surface area contributed by atoms with E-state index in [-0.39, 0.29) is 5.97 Å². The highest BCUT2D eigenvalue weighted by molar-refractivity contribution is 5.82. The maximum absolute atomic E-state index is 12.8. The lowest BCUT2D eigenvalue weighted by Gasteiger charge is -2.37. The lowest BCUT2D eigenvalue weighted by atomic mass is 9.78. The zero-order valence-electron chi connectivity index (χ0n) is 20.5. The Morgan fingerprint density at radius 3 is 2.18 bits per heavy atom. The van der Waals surface area contributed by atoms with Crippen molar-refractivity contribution in [2.24, 2.45) is 0 Å². The smallest absolute Gasteiger partial charge is 0.316 e. The predicted molar refractivity (Wildman–Crippen MR) is 140 cm³/mol. The van der Waals surface area contributed by atoms with Gasteiger partial charge in [0.05, 0.1) is 12.0 Å². The monoisotopic (exact) mass is 456 g/mol. The van der Waals surface area contributed by atoms with Crippen LogP contribution in [-0.2, 0) is 14.9 Å². The molecule has 1 unspecified atom stereocenters. The number of rotatable bonds is 9. The molecule has 0 aromatic heterocycles. The number of esters is 1. The summed E-state index contributed by atoms with van der Waals surface area (Å²) in [6.07, 6.45) is 1.75. The van der Waals surface area contributed by atoms with E-state index < -0.39 is 5.41 Å². The molecule has 4 heteroatoms. The molecule has 3 aromatic rings. The molecule has 0 amide bonds. The Labute approximate surface area is 204 Å². The number of hydrogen-bond acceptors (Lipinski definition) is 4. The van der Waals surface area contributed by atoms with Gasteiger partial charge >= 0.3 is 5.97 Å². The molecule has 34 heavy (non-hydrogen) atoms. The molecule has 1 saturated heterocycles. The lowest BCUT2D eigenvalue weighted by molar-refractivity contribution is -0.149. The Morgan fingerprint density at radius 1 is 0.853 bits per heavy atom. The van der Waals surface area contributed by atoms with Crippen LogP contribution in [0, 0.1) is 0 Å². The van der Waals surface area contributed by atoms with E-state index in [1.165, 1.54) is 16.8 Å².